The molecule has 164 valence electrons. The van der Waals surface area contributed by atoms with Crippen LogP contribution in [0.3, 0.4) is 0 Å². The normalized spacial score (nSPS) is 14.9. The molecule has 0 radical (unpaired) electrons. The first-order chi connectivity index (χ1) is 15.0. The number of aryl methyl sites for hydroxylation is 2. The Bertz CT molecular complexity index is 1040. The second-order valence-corrected chi connectivity index (χ2v) is 8.75. The molecule has 8 heteroatoms. The second-order valence-electron chi connectivity index (χ2n) is 8.32. The van der Waals surface area contributed by atoms with Crippen LogP contribution in [-0.2, 0) is 13.5 Å². The molecule has 31 heavy (non-hydrogen) atoms. The third-order valence-corrected chi connectivity index (χ3v) is 6.48. The number of amides is 1. The van der Waals surface area contributed by atoms with Crippen molar-refractivity contribution in [2.75, 3.05) is 18.0 Å². The lowest BCUT2D eigenvalue weighted by molar-refractivity contribution is 0.0705. The lowest BCUT2D eigenvalue weighted by Gasteiger charge is -2.32. The van der Waals surface area contributed by atoms with Gasteiger partial charge in [0.25, 0.3) is 5.91 Å². The molecule has 0 saturated carbocycles. The Balaban J connectivity index is 1.22. The maximum absolute atomic E-state index is 11.4. The van der Waals surface area contributed by atoms with Gasteiger partial charge in [0.15, 0.2) is 0 Å². The number of carbonyl (C=O) groups excluding carboxylic acids is 1. The molecule has 3 heterocycles. The third kappa shape index (κ3) is 4.99. The molecule has 1 saturated heterocycles. The number of nitrogens with one attached hydrogen (secondary N) is 1. The van der Waals surface area contributed by atoms with Crippen LogP contribution in [0.4, 0.5) is 5.95 Å². The van der Waals surface area contributed by atoms with Crippen molar-refractivity contribution in [3.63, 3.8) is 0 Å². The average Bonchev–Trinajstić information content (AvgIpc) is 3.11. The van der Waals surface area contributed by atoms with Crippen LogP contribution in [0.25, 0.3) is 10.9 Å². The predicted molar refractivity (Wildman–Crippen MR) is 122 cm³/mol. The van der Waals surface area contributed by atoms with Gasteiger partial charge in [0.1, 0.15) is 0 Å². The molecule has 3 aromatic rings. The number of fused-ring (bicyclic) bond motifs is 1. The van der Waals surface area contributed by atoms with Crippen LogP contribution in [0, 0.1) is 5.92 Å². The maximum Gasteiger partial charge on any atom is 0.277 e. The van der Waals surface area contributed by atoms with Crippen molar-refractivity contribution in [2.24, 2.45) is 13.0 Å². The van der Waals surface area contributed by atoms with Crippen molar-refractivity contribution in [3.05, 3.63) is 52.9 Å². The summed E-state index contributed by atoms with van der Waals surface area (Å²) in [5, 5.41) is 10.7. The first-order valence-electron chi connectivity index (χ1n) is 10.8. The summed E-state index contributed by atoms with van der Waals surface area (Å²) in [7, 11) is 2.09. The number of hydrogen-bond donors (Lipinski definition) is 2. The standard InChI is InChI=1S/C23H28ClN5O2/c1-28-15-17(20-12-19(24)6-7-21(20)28)5-3-2-4-16-8-10-29(11-9-16)23-25-13-18(14-26-23)22(30)27-31/h6-7,12-16,31H,2-5,8-11H2,1H3,(H,27,30). The number of halogens is 1. The number of aromatic nitrogens is 3. The van der Waals surface area contributed by atoms with Crippen molar-refractivity contribution in [3.8, 4) is 0 Å². The summed E-state index contributed by atoms with van der Waals surface area (Å²) in [5.41, 5.74) is 4.45. The van der Waals surface area contributed by atoms with Crippen molar-refractivity contribution in [1.82, 2.24) is 20.0 Å². The molecule has 0 bridgehead atoms. The van der Waals surface area contributed by atoms with Crippen LogP contribution in [-0.4, -0.2) is 38.7 Å². The van der Waals surface area contributed by atoms with E-state index in [2.05, 4.69) is 44.8 Å². The fourth-order valence-corrected chi connectivity index (χ4v) is 4.65. The monoisotopic (exact) mass is 441 g/mol. The second kappa shape index (κ2) is 9.66. The Kier molecular flexibility index (Phi) is 6.73. The number of carbonyl (C=O) groups is 1. The molecular weight excluding hydrogens is 414 g/mol. The van der Waals surface area contributed by atoms with E-state index in [-0.39, 0.29) is 5.56 Å². The molecule has 1 amide bonds. The van der Waals surface area contributed by atoms with Gasteiger partial charge in [-0.2, -0.15) is 0 Å². The van der Waals surface area contributed by atoms with Crippen molar-refractivity contribution >= 4 is 34.4 Å². The molecule has 0 aliphatic carbocycles. The van der Waals surface area contributed by atoms with Crippen LogP contribution in [0.15, 0.2) is 36.8 Å². The van der Waals surface area contributed by atoms with Gasteiger partial charge in [-0.1, -0.05) is 24.4 Å². The summed E-state index contributed by atoms with van der Waals surface area (Å²) in [5.74, 6) is 0.775. The quantitative estimate of drug-likeness (QED) is 0.323. The zero-order chi connectivity index (χ0) is 21.8. The van der Waals surface area contributed by atoms with Crippen molar-refractivity contribution in [2.45, 2.75) is 38.5 Å². The zero-order valence-electron chi connectivity index (χ0n) is 17.7. The number of hydroxylamine groups is 1. The van der Waals surface area contributed by atoms with E-state index < -0.39 is 5.91 Å². The first kappa shape index (κ1) is 21.6. The minimum Gasteiger partial charge on any atom is -0.350 e. The number of rotatable bonds is 7. The maximum atomic E-state index is 11.4. The van der Waals surface area contributed by atoms with Crippen molar-refractivity contribution in [1.29, 1.82) is 0 Å². The first-order valence-corrected chi connectivity index (χ1v) is 11.2. The number of nitrogens with zero attached hydrogens (tertiary/aromatic N) is 4. The van der Waals surface area contributed by atoms with Gasteiger partial charge in [0, 0.05) is 54.7 Å². The number of unbranched alkanes of at least 4 members (excludes halogenated alkanes) is 1. The molecular formula is C23H28ClN5O2. The third-order valence-electron chi connectivity index (χ3n) is 6.24. The van der Waals surface area contributed by atoms with E-state index in [0.29, 0.717) is 5.95 Å². The van der Waals surface area contributed by atoms with E-state index in [0.717, 1.165) is 43.3 Å². The summed E-state index contributed by atoms with van der Waals surface area (Å²) in [4.78, 5) is 22.1. The largest absolute Gasteiger partial charge is 0.350 e. The molecule has 1 aliphatic heterocycles. The highest BCUT2D eigenvalue weighted by Crippen LogP contribution is 2.28. The molecule has 1 aromatic carbocycles. The van der Waals surface area contributed by atoms with Gasteiger partial charge in [-0.05, 0) is 55.4 Å². The van der Waals surface area contributed by atoms with Crippen LogP contribution < -0.4 is 10.4 Å². The number of piperidine rings is 1. The molecule has 0 unspecified atom stereocenters. The van der Waals surface area contributed by atoms with E-state index in [4.69, 9.17) is 16.8 Å². The predicted octanol–water partition coefficient (Wildman–Crippen LogP) is 4.37. The SMILES string of the molecule is Cn1cc(CCCCC2CCN(c3ncc(C(=O)NO)cn3)CC2)c2cc(Cl)ccc21. The van der Waals surface area contributed by atoms with Gasteiger partial charge in [-0.3, -0.25) is 10.0 Å². The molecule has 4 rings (SSSR count). The summed E-state index contributed by atoms with van der Waals surface area (Å²) < 4.78 is 2.18. The lowest BCUT2D eigenvalue weighted by Crippen LogP contribution is -2.35. The van der Waals surface area contributed by atoms with E-state index in [9.17, 15) is 4.79 Å². The minimum atomic E-state index is -0.600. The summed E-state index contributed by atoms with van der Waals surface area (Å²) in [6, 6.07) is 6.12. The van der Waals surface area contributed by atoms with Gasteiger partial charge in [0.2, 0.25) is 5.95 Å². The number of anilines is 1. The Morgan fingerprint density at radius 3 is 2.68 bits per heavy atom. The van der Waals surface area contributed by atoms with Crippen LogP contribution in [0.2, 0.25) is 5.02 Å². The summed E-state index contributed by atoms with van der Waals surface area (Å²) >= 11 is 6.20. The van der Waals surface area contributed by atoms with Gasteiger partial charge in [0.05, 0.1) is 5.56 Å². The Labute approximate surface area is 187 Å². The minimum absolute atomic E-state index is 0.245. The van der Waals surface area contributed by atoms with E-state index in [1.807, 2.05) is 6.07 Å². The van der Waals surface area contributed by atoms with Gasteiger partial charge in [-0.25, -0.2) is 15.4 Å². The molecule has 7 nitrogen and oxygen atoms in total. The Morgan fingerprint density at radius 1 is 1.23 bits per heavy atom. The number of benzene rings is 1. The smallest absolute Gasteiger partial charge is 0.277 e. The van der Waals surface area contributed by atoms with Crippen LogP contribution in [0.1, 0.15) is 48.0 Å². The fourth-order valence-electron chi connectivity index (χ4n) is 4.48. The van der Waals surface area contributed by atoms with E-state index in [1.165, 1.54) is 48.1 Å². The molecule has 2 N–H and O–H groups in total. The lowest BCUT2D eigenvalue weighted by atomic mass is 9.91. The Hall–Kier alpha value is -2.64. The summed E-state index contributed by atoms with van der Waals surface area (Å²) in [6.07, 6.45) is 12.1. The molecule has 0 atom stereocenters. The highest BCUT2D eigenvalue weighted by atomic mass is 35.5. The van der Waals surface area contributed by atoms with Crippen LogP contribution >= 0.6 is 11.6 Å². The Morgan fingerprint density at radius 2 is 1.97 bits per heavy atom. The average molecular weight is 442 g/mol. The van der Waals surface area contributed by atoms with E-state index in [1.54, 1.807) is 5.48 Å². The zero-order valence-corrected chi connectivity index (χ0v) is 18.5. The molecule has 2 aromatic heterocycles. The van der Waals surface area contributed by atoms with Crippen LogP contribution in [0.5, 0.6) is 0 Å². The van der Waals surface area contributed by atoms with Gasteiger partial charge in [-0.15, -0.1) is 0 Å². The molecule has 1 fully saturated rings. The van der Waals surface area contributed by atoms with Crippen molar-refractivity contribution < 1.29 is 10.0 Å². The molecule has 1 aliphatic rings. The summed E-state index contributed by atoms with van der Waals surface area (Å²) in [6.45, 7) is 1.86. The van der Waals surface area contributed by atoms with Gasteiger partial charge >= 0.3 is 0 Å². The van der Waals surface area contributed by atoms with E-state index >= 15 is 0 Å². The fraction of sp³-hybridized carbons (Fsp3) is 0.435. The number of hydrogen-bond acceptors (Lipinski definition) is 5. The highest BCUT2D eigenvalue weighted by Gasteiger charge is 2.21. The molecule has 0 spiro atoms. The van der Waals surface area contributed by atoms with Gasteiger partial charge < -0.3 is 9.47 Å². The highest BCUT2D eigenvalue weighted by molar-refractivity contribution is 6.31. The topological polar surface area (TPSA) is 83.3 Å².